The van der Waals surface area contributed by atoms with Crippen LogP contribution in [0.4, 0.5) is 0 Å². The van der Waals surface area contributed by atoms with Crippen molar-refractivity contribution in [2.75, 3.05) is 13.2 Å². The Kier molecular flexibility index (Phi) is 7.54. The number of pyridine rings is 1. The molecular weight excluding hydrogens is 404 g/mol. The fourth-order valence-corrected chi connectivity index (χ4v) is 4.66. The summed E-state index contributed by atoms with van der Waals surface area (Å²) in [5.74, 6) is 0.116. The van der Waals surface area contributed by atoms with Gasteiger partial charge in [0.15, 0.2) is 6.61 Å². The molecule has 0 spiro atoms. The maximum atomic E-state index is 10.9. The van der Waals surface area contributed by atoms with Crippen LogP contribution in [0, 0.1) is 5.92 Å². The standard InChI is InChI=1S/C26H30N2O4/c29-25(30)18-31-24-13-5-11-22-19(9-4-12-23(22)24)14-16-32-28-26(20-7-2-1-3-8-20)21-10-6-15-27-17-21/h5-6,9-11,13,15,17,20H,1-4,7-8,12,14,16,18H2,(H,29,30). The fraction of sp³-hybridized carbons (Fsp3) is 0.423. The van der Waals surface area contributed by atoms with E-state index in [9.17, 15) is 4.79 Å². The Balaban J connectivity index is 1.42. The van der Waals surface area contributed by atoms with Gasteiger partial charge in [0.2, 0.25) is 0 Å². The van der Waals surface area contributed by atoms with Gasteiger partial charge in [-0.25, -0.2) is 4.79 Å². The zero-order valence-electron chi connectivity index (χ0n) is 18.3. The maximum absolute atomic E-state index is 10.9. The van der Waals surface area contributed by atoms with E-state index in [1.807, 2.05) is 24.4 Å². The molecular formula is C26H30N2O4. The van der Waals surface area contributed by atoms with E-state index in [1.54, 1.807) is 6.20 Å². The Hall–Kier alpha value is -3.15. The minimum Gasteiger partial charge on any atom is -0.482 e. The van der Waals surface area contributed by atoms with Crippen LogP contribution < -0.4 is 4.74 Å². The van der Waals surface area contributed by atoms with Crippen LogP contribution in [0.25, 0.3) is 5.57 Å². The van der Waals surface area contributed by atoms with E-state index in [1.165, 1.54) is 24.8 Å². The predicted octanol–water partition coefficient (Wildman–Crippen LogP) is 5.27. The van der Waals surface area contributed by atoms with Crippen molar-refractivity contribution in [3.8, 4) is 5.75 Å². The third-order valence-corrected chi connectivity index (χ3v) is 6.19. The second kappa shape index (κ2) is 10.9. The number of carbonyl (C=O) groups is 1. The van der Waals surface area contributed by atoms with Crippen molar-refractivity contribution in [1.29, 1.82) is 0 Å². The number of aliphatic carboxylic acids is 1. The lowest BCUT2D eigenvalue weighted by atomic mass is 9.84. The molecule has 0 unspecified atom stereocenters. The number of hydrogen-bond donors (Lipinski definition) is 1. The number of hydrogen-bond acceptors (Lipinski definition) is 5. The average Bonchev–Trinajstić information content (AvgIpc) is 2.84. The number of nitrogens with zero attached hydrogens (tertiary/aromatic N) is 2. The fourth-order valence-electron chi connectivity index (χ4n) is 4.66. The largest absolute Gasteiger partial charge is 0.482 e. The second-order valence-corrected chi connectivity index (χ2v) is 8.37. The zero-order chi connectivity index (χ0) is 22.2. The summed E-state index contributed by atoms with van der Waals surface area (Å²) in [5, 5.41) is 13.5. The van der Waals surface area contributed by atoms with Crippen LogP contribution >= 0.6 is 0 Å². The molecule has 0 radical (unpaired) electrons. The molecule has 32 heavy (non-hydrogen) atoms. The van der Waals surface area contributed by atoms with Crippen molar-refractivity contribution in [3.63, 3.8) is 0 Å². The molecule has 168 valence electrons. The van der Waals surface area contributed by atoms with Crippen LogP contribution in [0.3, 0.4) is 0 Å². The molecule has 6 nitrogen and oxygen atoms in total. The minimum absolute atomic E-state index is 0.328. The first kappa shape index (κ1) is 22.1. The molecule has 1 fully saturated rings. The first-order valence-electron chi connectivity index (χ1n) is 11.5. The molecule has 1 aromatic heterocycles. The number of ether oxygens (including phenoxy) is 1. The topological polar surface area (TPSA) is 81.0 Å². The summed E-state index contributed by atoms with van der Waals surface area (Å²) >= 11 is 0. The normalized spacial score (nSPS) is 16.8. The highest BCUT2D eigenvalue weighted by Crippen LogP contribution is 2.34. The van der Waals surface area contributed by atoms with Crippen molar-refractivity contribution >= 4 is 17.3 Å². The summed E-state index contributed by atoms with van der Waals surface area (Å²) in [4.78, 5) is 21.0. The predicted molar refractivity (Wildman–Crippen MR) is 124 cm³/mol. The Bertz CT molecular complexity index is 979. The third kappa shape index (κ3) is 5.55. The van der Waals surface area contributed by atoms with E-state index in [0.717, 1.165) is 54.5 Å². The van der Waals surface area contributed by atoms with Gasteiger partial charge in [-0.15, -0.1) is 0 Å². The van der Waals surface area contributed by atoms with E-state index >= 15 is 0 Å². The van der Waals surface area contributed by atoms with Crippen LogP contribution in [0.5, 0.6) is 5.75 Å². The van der Waals surface area contributed by atoms with Crippen molar-refractivity contribution in [2.45, 2.75) is 51.4 Å². The SMILES string of the molecule is O=C(O)COc1cccc2c1CCC=C2CCON=C(c1cccnc1)C1CCCCC1. The lowest BCUT2D eigenvalue weighted by molar-refractivity contribution is -0.139. The van der Waals surface area contributed by atoms with Crippen molar-refractivity contribution in [2.24, 2.45) is 11.1 Å². The average molecular weight is 435 g/mol. The summed E-state index contributed by atoms with van der Waals surface area (Å²) < 4.78 is 5.50. The second-order valence-electron chi connectivity index (χ2n) is 8.37. The lowest BCUT2D eigenvalue weighted by Crippen LogP contribution is -2.19. The molecule has 6 heteroatoms. The Morgan fingerprint density at radius 2 is 2.03 bits per heavy atom. The van der Waals surface area contributed by atoms with Gasteiger partial charge in [0.25, 0.3) is 0 Å². The number of allylic oxidation sites excluding steroid dienone is 1. The van der Waals surface area contributed by atoms with Crippen LogP contribution in [-0.4, -0.2) is 35.0 Å². The number of carboxylic acids is 1. The number of carboxylic acid groups (broad SMARTS) is 1. The van der Waals surface area contributed by atoms with Crippen molar-refractivity contribution in [1.82, 2.24) is 4.98 Å². The van der Waals surface area contributed by atoms with E-state index in [0.29, 0.717) is 18.3 Å². The number of oxime groups is 1. The van der Waals surface area contributed by atoms with Gasteiger partial charge in [-0.1, -0.05) is 42.6 Å². The van der Waals surface area contributed by atoms with E-state index in [2.05, 4.69) is 28.3 Å². The van der Waals surface area contributed by atoms with E-state index < -0.39 is 5.97 Å². The molecule has 2 aromatic rings. The van der Waals surface area contributed by atoms with Crippen LogP contribution in [-0.2, 0) is 16.1 Å². The molecule has 0 bridgehead atoms. The molecule has 1 heterocycles. The lowest BCUT2D eigenvalue weighted by Gasteiger charge is -2.23. The van der Waals surface area contributed by atoms with Gasteiger partial charge in [-0.2, -0.15) is 0 Å². The molecule has 0 atom stereocenters. The van der Waals surface area contributed by atoms with Gasteiger partial charge >= 0.3 is 5.97 Å². The third-order valence-electron chi connectivity index (χ3n) is 6.19. The molecule has 0 saturated heterocycles. The van der Waals surface area contributed by atoms with E-state index in [4.69, 9.17) is 14.7 Å². The molecule has 0 amide bonds. The van der Waals surface area contributed by atoms with Crippen LogP contribution in [0.1, 0.15) is 61.6 Å². The molecule has 4 rings (SSSR count). The smallest absolute Gasteiger partial charge is 0.341 e. The highest BCUT2D eigenvalue weighted by Gasteiger charge is 2.22. The van der Waals surface area contributed by atoms with Gasteiger partial charge in [0, 0.05) is 35.9 Å². The molecule has 0 aliphatic heterocycles. The monoisotopic (exact) mass is 434 g/mol. The Labute approximate surface area is 189 Å². The number of rotatable bonds is 9. The summed E-state index contributed by atoms with van der Waals surface area (Å²) in [6.45, 7) is 0.160. The van der Waals surface area contributed by atoms with Gasteiger partial charge in [0.05, 0.1) is 5.71 Å². The minimum atomic E-state index is -0.970. The molecule has 1 N–H and O–H groups in total. The number of benzene rings is 1. The highest BCUT2D eigenvalue weighted by molar-refractivity contribution is 6.01. The van der Waals surface area contributed by atoms with Crippen LogP contribution in [0.2, 0.25) is 0 Å². The Morgan fingerprint density at radius 3 is 2.81 bits per heavy atom. The maximum Gasteiger partial charge on any atom is 0.341 e. The summed E-state index contributed by atoms with van der Waals surface area (Å²) in [6, 6.07) is 9.83. The zero-order valence-corrected chi connectivity index (χ0v) is 18.3. The van der Waals surface area contributed by atoms with Crippen molar-refractivity contribution < 1.29 is 19.5 Å². The number of aromatic nitrogens is 1. The van der Waals surface area contributed by atoms with Crippen LogP contribution in [0.15, 0.2) is 54.0 Å². The number of fused-ring (bicyclic) bond motifs is 1. The first-order valence-corrected chi connectivity index (χ1v) is 11.5. The van der Waals surface area contributed by atoms with Crippen molar-refractivity contribution in [3.05, 3.63) is 65.5 Å². The molecule has 2 aliphatic rings. The molecule has 2 aliphatic carbocycles. The van der Waals surface area contributed by atoms with E-state index in [-0.39, 0.29) is 6.61 Å². The molecule has 1 aromatic carbocycles. The van der Waals surface area contributed by atoms with Gasteiger partial charge in [-0.3, -0.25) is 4.98 Å². The Morgan fingerprint density at radius 1 is 1.16 bits per heavy atom. The summed E-state index contributed by atoms with van der Waals surface area (Å²) in [7, 11) is 0. The quantitative estimate of drug-likeness (QED) is 0.330. The van der Waals surface area contributed by atoms with Gasteiger partial charge in [-0.05, 0) is 55.0 Å². The van der Waals surface area contributed by atoms with Gasteiger partial charge in [0.1, 0.15) is 12.4 Å². The summed E-state index contributed by atoms with van der Waals surface area (Å²) in [5.41, 5.74) is 5.45. The summed E-state index contributed by atoms with van der Waals surface area (Å²) in [6.07, 6.45) is 14.4. The van der Waals surface area contributed by atoms with Gasteiger partial charge < -0.3 is 14.7 Å². The molecule has 1 saturated carbocycles. The first-order chi connectivity index (χ1) is 15.7. The highest BCUT2D eigenvalue weighted by atomic mass is 16.6.